The molecule has 3 nitrogen and oxygen atoms in total. The van der Waals surface area contributed by atoms with E-state index in [2.05, 4.69) is 4.90 Å². The van der Waals surface area contributed by atoms with Gasteiger partial charge in [0.05, 0.1) is 7.11 Å². The van der Waals surface area contributed by atoms with Crippen molar-refractivity contribution in [2.75, 3.05) is 13.7 Å². The fourth-order valence-corrected chi connectivity index (χ4v) is 2.76. The zero-order valence-electron chi connectivity index (χ0n) is 10.2. The number of benzene rings is 1. The third-order valence-electron chi connectivity index (χ3n) is 3.23. The summed E-state index contributed by atoms with van der Waals surface area (Å²) in [4.78, 5) is 13.7. The first-order valence-electron chi connectivity index (χ1n) is 5.87. The Hall–Kier alpha value is -0.770. The van der Waals surface area contributed by atoms with Crippen molar-refractivity contribution in [2.45, 2.75) is 25.4 Å². The molecule has 1 aromatic rings. The molecular weight excluding hydrogens is 273 g/mol. The molecule has 1 aliphatic rings. The van der Waals surface area contributed by atoms with Crippen molar-refractivity contribution in [3.05, 3.63) is 33.8 Å². The molecule has 5 heteroatoms. The number of rotatable bonds is 3. The molecule has 2 rings (SSSR count). The Morgan fingerprint density at radius 2 is 2.28 bits per heavy atom. The molecule has 0 bridgehead atoms. The molecule has 1 fully saturated rings. The van der Waals surface area contributed by atoms with E-state index in [0.29, 0.717) is 16.6 Å². The summed E-state index contributed by atoms with van der Waals surface area (Å²) in [6.07, 6.45) is 1.85. The van der Waals surface area contributed by atoms with Crippen LogP contribution in [0.1, 0.15) is 18.4 Å². The number of hydrogen-bond donors (Lipinski definition) is 0. The van der Waals surface area contributed by atoms with Gasteiger partial charge in [-0.25, -0.2) is 0 Å². The van der Waals surface area contributed by atoms with Gasteiger partial charge in [-0.15, -0.1) is 0 Å². The van der Waals surface area contributed by atoms with Crippen LogP contribution in [0.15, 0.2) is 18.2 Å². The van der Waals surface area contributed by atoms with Crippen LogP contribution >= 0.6 is 23.2 Å². The molecule has 0 spiro atoms. The number of carbonyl (C=O) groups excluding carboxylic acids is 1. The lowest BCUT2D eigenvalue weighted by molar-refractivity contribution is -0.146. The number of nitrogens with zero attached hydrogens (tertiary/aromatic N) is 1. The van der Waals surface area contributed by atoms with Gasteiger partial charge in [0.15, 0.2) is 0 Å². The molecule has 0 amide bonds. The fourth-order valence-electron chi connectivity index (χ4n) is 2.29. The van der Waals surface area contributed by atoms with Gasteiger partial charge >= 0.3 is 5.97 Å². The highest BCUT2D eigenvalue weighted by Gasteiger charge is 2.31. The summed E-state index contributed by atoms with van der Waals surface area (Å²) in [5.41, 5.74) is 0.983. The Bertz CT molecular complexity index is 451. The number of halogens is 2. The molecule has 98 valence electrons. The second kappa shape index (κ2) is 5.91. The molecule has 1 aliphatic heterocycles. The molecule has 0 aliphatic carbocycles. The zero-order valence-corrected chi connectivity index (χ0v) is 11.7. The second-order valence-electron chi connectivity index (χ2n) is 4.39. The van der Waals surface area contributed by atoms with Crippen LogP contribution in [0.3, 0.4) is 0 Å². The summed E-state index contributed by atoms with van der Waals surface area (Å²) in [7, 11) is 1.42. The van der Waals surface area contributed by atoms with Crippen LogP contribution < -0.4 is 0 Å². The standard InChI is InChI=1S/C13H15Cl2NO2/c1-18-13(17)12-3-2-6-16(12)8-9-4-5-10(14)7-11(9)15/h4-5,7,12H,2-3,6,8H2,1H3/t12-/m0/s1. The zero-order chi connectivity index (χ0) is 13.1. The van der Waals surface area contributed by atoms with Crippen molar-refractivity contribution >= 4 is 29.2 Å². The Kier molecular flexibility index (Phi) is 4.49. The van der Waals surface area contributed by atoms with E-state index in [1.54, 1.807) is 6.07 Å². The van der Waals surface area contributed by atoms with Crippen molar-refractivity contribution in [2.24, 2.45) is 0 Å². The number of carbonyl (C=O) groups is 1. The van der Waals surface area contributed by atoms with Crippen molar-refractivity contribution in [1.29, 1.82) is 0 Å². The molecule has 0 saturated carbocycles. The van der Waals surface area contributed by atoms with E-state index in [1.165, 1.54) is 7.11 Å². The van der Waals surface area contributed by atoms with E-state index in [1.807, 2.05) is 12.1 Å². The highest BCUT2D eigenvalue weighted by Crippen LogP contribution is 2.26. The van der Waals surface area contributed by atoms with Crippen LogP contribution in [0.4, 0.5) is 0 Å². The van der Waals surface area contributed by atoms with E-state index >= 15 is 0 Å². The van der Waals surface area contributed by atoms with E-state index in [0.717, 1.165) is 24.9 Å². The fraction of sp³-hybridized carbons (Fsp3) is 0.462. The first-order valence-corrected chi connectivity index (χ1v) is 6.63. The first-order chi connectivity index (χ1) is 8.61. The average Bonchev–Trinajstić information content (AvgIpc) is 2.80. The van der Waals surface area contributed by atoms with Crippen LogP contribution in [-0.4, -0.2) is 30.6 Å². The Morgan fingerprint density at radius 1 is 1.50 bits per heavy atom. The van der Waals surface area contributed by atoms with Gasteiger partial charge in [-0.1, -0.05) is 29.3 Å². The number of methoxy groups -OCH3 is 1. The van der Waals surface area contributed by atoms with Crippen molar-refractivity contribution in [3.8, 4) is 0 Å². The summed E-state index contributed by atoms with van der Waals surface area (Å²) in [5, 5.41) is 1.26. The minimum atomic E-state index is -0.169. The lowest BCUT2D eigenvalue weighted by atomic mass is 10.2. The van der Waals surface area contributed by atoms with E-state index < -0.39 is 0 Å². The number of esters is 1. The Labute approximate surface area is 117 Å². The van der Waals surface area contributed by atoms with Crippen molar-refractivity contribution < 1.29 is 9.53 Å². The maximum Gasteiger partial charge on any atom is 0.323 e. The Balaban J connectivity index is 2.10. The predicted molar refractivity (Wildman–Crippen MR) is 71.9 cm³/mol. The predicted octanol–water partition coefficient (Wildman–Crippen LogP) is 3.13. The highest BCUT2D eigenvalue weighted by atomic mass is 35.5. The van der Waals surface area contributed by atoms with Gasteiger partial charge in [-0.3, -0.25) is 9.69 Å². The van der Waals surface area contributed by atoms with E-state index in [9.17, 15) is 4.79 Å². The van der Waals surface area contributed by atoms with Crippen LogP contribution in [0.2, 0.25) is 10.0 Å². The van der Waals surface area contributed by atoms with Gasteiger partial charge in [0.2, 0.25) is 0 Å². The third-order valence-corrected chi connectivity index (χ3v) is 3.81. The largest absolute Gasteiger partial charge is 0.468 e. The summed E-state index contributed by atoms with van der Waals surface area (Å²) < 4.78 is 4.82. The minimum Gasteiger partial charge on any atom is -0.468 e. The van der Waals surface area contributed by atoms with Crippen molar-refractivity contribution in [1.82, 2.24) is 4.90 Å². The second-order valence-corrected chi connectivity index (χ2v) is 5.23. The molecule has 1 heterocycles. The normalized spacial score (nSPS) is 20.1. The highest BCUT2D eigenvalue weighted by molar-refractivity contribution is 6.35. The molecule has 1 atom stereocenters. The maximum absolute atomic E-state index is 11.6. The topological polar surface area (TPSA) is 29.5 Å². The summed E-state index contributed by atoms with van der Waals surface area (Å²) in [6, 6.07) is 5.28. The molecule has 0 aromatic heterocycles. The van der Waals surface area contributed by atoms with Crippen LogP contribution in [0.25, 0.3) is 0 Å². The smallest absolute Gasteiger partial charge is 0.323 e. The summed E-state index contributed by atoms with van der Waals surface area (Å²) in [6.45, 7) is 1.54. The monoisotopic (exact) mass is 287 g/mol. The van der Waals surface area contributed by atoms with Gasteiger partial charge in [0.25, 0.3) is 0 Å². The first kappa shape index (κ1) is 13.7. The van der Waals surface area contributed by atoms with Gasteiger partial charge in [0, 0.05) is 16.6 Å². The minimum absolute atomic E-state index is 0.151. The van der Waals surface area contributed by atoms with E-state index in [4.69, 9.17) is 27.9 Å². The van der Waals surface area contributed by atoms with E-state index in [-0.39, 0.29) is 12.0 Å². The molecular formula is C13H15Cl2NO2. The molecule has 0 radical (unpaired) electrons. The van der Waals surface area contributed by atoms with Gasteiger partial charge in [0.1, 0.15) is 6.04 Å². The van der Waals surface area contributed by atoms with Gasteiger partial charge < -0.3 is 4.74 Å². The van der Waals surface area contributed by atoms with Crippen LogP contribution in [-0.2, 0) is 16.1 Å². The number of hydrogen-bond acceptors (Lipinski definition) is 3. The average molecular weight is 288 g/mol. The summed E-state index contributed by atoms with van der Waals surface area (Å²) in [5.74, 6) is -0.169. The summed E-state index contributed by atoms with van der Waals surface area (Å²) >= 11 is 12.0. The SMILES string of the molecule is COC(=O)[C@@H]1CCCN1Cc1ccc(Cl)cc1Cl. The van der Waals surface area contributed by atoms with Crippen molar-refractivity contribution in [3.63, 3.8) is 0 Å². The molecule has 18 heavy (non-hydrogen) atoms. The lowest BCUT2D eigenvalue weighted by Gasteiger charge is -2.22. The third kappa shape index (κ3) is 2.97. The lowest BCUT2D eigenvalue weighted by Crippen LogP contribution is -2.36. The Morgan fingerprint density at radius 3 is 2.94 bits per heavy atom. The van der Waals surface area contributed by atoms with Gasteiger partial charge in [-0.05, 0) is 37.1 Å². The maximum atomic E-state index is 11.6. The van der Waals surface area contributed by atoms with Crippen LogP contribution in [0, 0.1) is 0 Å². The number of likely N-dealkylation sites (tertiary alicyclic amines) is 1. The molecule has 0 unspecified atom stereocenters. The molecule has 1 aromatic carbocycles. The molecule has 0 N–H and O–H groups in total. The molecule has 1 saturated heterocycles. The quantitative estimate of drug-likeness (QED) is 0.800. The number of ether oxygens (including phenoxy) is 1. The van der Waals surface area contributed by atoms with Crippen LogP contribution in [0.5, 0.6) is 0 Å². The van der Waals surface area contributed by atoms with Gasteiger partial charge in [-0.2, -0.15) is 0 Å².